The first-order chi connectivity index (χ1) is 33.9. The molecule has 9 heteroatoms. The van der Waals surface area contributed by atoms with Crippen LogP contribution in [0.15, 0.2) is 23.8 Å². The molecule has 5 fully saturated rings. The van der Waals surface area contributed by atoms with Crippen molar-refractivity contribution >= 4 is 11.9 Å². The monoisotopic (exact) mass is 980 g/mol. The molecule has 3 saturated carbocycles. The first kappa shape index (κ1) is 57.5. The highest BCUT2D eigenvalue weighted by Crippen LogP contribution is 2.67. The maximum atomic E-state index is 13.1. The third-order valence-electron chi connectivity index (χ3n) is 18.8. The van der Waals surface area contributed by atoms with Gasteiger partial charge in [-0.1, -0.05) is 142 Å². The predicted molar refractivity (Wildman–Crippen MR) is 283 cm³/mol. The number of carbonyl (C=O) groups is 2. The fourth-order valence-electron chi connectivity index (χ4n) is 14.6. The summed E-state index contributed by atoms with van der Waals surface area (Å²) < 4.78 is 36.1. The minimum atomic E-state index is -0.411. The molecule has 9 nitrogen and oxygen atoms in total. The molecule has 0 N–H and O–H groups in total. The van der Waals surface area contributed by atoms with Crippen molar-refractivity contribution in [2.24, 2.45) is 46.3 Å². The molecule has 1 spiro atoms. The number of esters is 2. The summed E-state index contributed by atoms with van der Waals surface area (Å²) in [5, 5.41) is 0. The van der Waals surface area contributed by atoms with Crippen molar-refractivity contribution in [3.05, 3.63) is 23.8 Å². The van der Waals surface area contributed by atoms with Crippen molar-refractivity contribution < 1.29 is 38.0 Å². The summed E-state index contributed by atoms with van der Waals surface area (Å²) in [6, 6.07) is 0. The second-order valence-corrected chi connectivity index (χ2v) is 24.3. The van der Waals surface area contributed by atoms with Crippen LogP contribution in [0.1, 0.15) is 228 Å². The zero-order valence-electron chi connectivity index (χ0n) is 45.9. The summed E-state index contributed by atoms with van der Waals surface area (Å²) in [4.78, 5) is 28.3. The van der Waals surface area contributed by atoms with Gasteiger partial charge in [0.1, 0.15) is 12.7 Å². The Morgan fingerprint density at radius 3 is 2.14 bits per heavy atom. The van der Waals surface area contributed by atoms with Gasteiger partial charge in [0, 0.05) is 45.5 Å². The molecule has 70 heavy (non-hydrogen) atoms. The first-order valence-corrected chi connectivity index (χ1v) is 29.8. The number of fused-ring (bicyclic) bond motifs is 5. The second kappa shape index (κ2) is 29.9. The smallest absolute Gasteiger partial charge is 0.306 e. The van der Waals surface area contributed by atoms with Crippen molar-refractivity contribution in [1.29, 1.82) is 0 Å². The molecule has 6 aliphatic rings. The van der Waals surface area contributed by atoms with Crippen molar-refractivity contribution in [2.75, 3.05) is 59.3 Å². The number of nitrogens with zero attached hydrogens (tertiary/aromatic N) is 1. The molecule has 6 rings (SSSR count). The van der Waals surface area contributed by atoms with Gasteiger partial charge in [-0.15, -0.1) is 0 Å². The van der Waals surface area contributed by atoms with Gasteiger partial charge in [-0.25, -0.2) is 0 Å². The van der Waals surface area contributed by atoms with Crippen LogP contribution in [0.2, 0.25) is 0 Å². The van der Waals surface area contributed by atoms with Crippen molar-refractivity contribution in [1.82, 2.24) is 4.90 Å². The first-order valence-electron chi connectivity index (χ1n) is 29.8. The Balaban J connectivity index is 0.837. The van der Waals surface area contributed by atoms with Gasteiger partial charge in [-0.2, -0.15) is 0 Å². The van der Waals surface area contributed by atoms with E-state index in [1.54, 1.807) is 0 Å². The summed E-state index contributed by atoms with van der Waals surface area (Å²) in [5.41, 5.74) is 2.23. The van der Waals surface area contributed by atoms with Crippen LogP contribution in [-0.2, 0) is 38.0 Å². The molecule has 2 heterocycles. The quantitative estimate of drug-likeness (QED) is 0.0362. The fourth-order valence-corrected chi connectivity index (χ4v) is 14.6. The highest BCUT2D eigenvalue weighted by molar-refractivity contribution is 5.77. The lowest BCUT2D eigenvalue weighted by Gasteiger charge is -2.58. The Morgan fingerprint density at radius 2 is 1.43 bits per heavy atom. The van der Waals surface area contributed by atoms with E-state index >= 15 is 0 Å². The lowest BCUT2D eigenvalue weighted by Crippen LogP contribution is -2.51. The fraction of sp³-hybridized carbons (Fsp3) is 0.902. The van der Waals surface area contributed by atoms with Crippen molar-refractivity contribution in [2.45, 2.75) is 246 Å². The van der Waals surface area contributed by atoms with Crippen LogP contribution >= 0.6 is 0 Å². The highest BCUT2D eigenvalue weighted by atomic mass is 16.7. The van der Waals surface area contributed by atoms with Gasteiger partial charge in [0.15, 0.2) is 5.79 Å². The maximum Gasteiger partial charge on any atom is 0.306 e. The molecule has 4 aliphatic carbocycles. The number of allylic oxidation sites excluding steroid dienone is 3. The topological polar surface area (TPSA) is 92.8 Å². The minimum absolute atomic E-state index is 0.0236. The number of carbonyl (C=O) groups excluding carboxylic acids is 2. The molecule has 0 bridgehead atoms. The lowest BCUT2D eigenvalue weighted by molar-refractivity contribution is -0.187. The minimum Gasteiger partial charge on any atom is -0.463 e. The Hall–Kier alpha value is -1.78. The molecule has 402 valence electrons. The molecule has 0 amide bonds. The molecule has 2 saturated heterocycles. The van der Waals surface area contributed by atoms with Crippen LogP contribution in [0.25, 0.3) is 0 Å². The summed E-state index contributed by atoms with van der Waals surface area (Å²) in [6.45, 7) is 20.3. The van der Waals surface area contributed by atoms with Crippen LogP contribution in [-0.4, -0.2) is 94.1 Å². The maximum absolute atomic E-state index is 13.1. The Kier molecular flexibility index (Phi) is 24.6. The second-order valence-electron chi connectivity index (χ2n) is 24.3. The van der Waals surface area contributed by atoms with Crippen LogP contribution in [0.4, 0.5) is 0 Å². The van der Waals surface area contributed by atoms with Crippen molar-refractivity contribution in [3.8, 4) is 0 Å². The van der Waals surface area contributed by atoms with E-state index < -0.39 is 5.79 Å². The average Bonchev–Trinajstić information content (AvgIpc) is 3.96. The summed E-state index contributed by atoms with van der Waals surface area (Å²) in [5.74, 6) is 3.79. The highest BCUT2D eigenvalue weighted by Gasteiger charge is 2.59. The molecule has 0 aromatic rings. The molecular formula is C61H105NO8. The number of unbranched alkanes of at least 4 members (excludes halogenated alkanes) is 12. The molecule has 0 aromatic heterocycles. The summed E-state index contributed by atoms with van der Waals surface area (Å²) in [7, 11) is 0. The van der Waals surface area contributed by atoms with E-state index in [0.29, 0.717) is 31.8 Å². The standard InChI is InChI=1S/C61H105NO8/c1-7-8-9-10-11-12-13-14-15-16-17-18-19-20-21-22-40-65-47-52(46-62-38-36-61(37-39-62)68-43-44-69-61)66-41-42-67-57(63)30-31-58(64)70-51-32-34-59(5)50(45-51)26-27-53-55-29-28-54(49(4)25-23-24-48(2)3)60(55,6)35-33-56(53)59/h14-15,26,48-49,51-56H,7-13,16-25,27-47H2,1-6H3/b15-14-/t49-,51+,52?,53+,54-,55+,56+,59+,60-/m1/s1. The Labute approximate surface area is 428 Å². The average molecular weight is 981 g/mol. The van der Waals surface area contributed by atoms with Crippen molar-refractivity contribution in [3.63, 3.8) is 0 Å². The number of likely N-dealkylation sites (tertiary alicyclic amines) is 1. The molecule has 0 radical (unpaired) electrons. The van der Waals surface area contributed by atoms with E-state index in [4.69, 9.17) is 28.4 Å². The third-order valence-corrected chi connectivity index (χ3v) is 18.8. The van der Waals surface area contributed by atoms with Gasteiger partial charge in [0.05, 0.1) is 45.4 Å². The van der Waals surface area contributed by atoms with Gasteiger partial charge >= 0.3 is 11.9 Å². The van der Waals surface area contributed by atoms with Gasteiger partial charge in [0.2, 0.25) is 0 Å². The van der Waals surface area contributed by atoms with E-state index in [9.17, 15) is 9.59 Å². The third kappa shape index (κ3) is 17.4. The summed E-state index contributed by atoms with van der Waals surface area (Å²) in [6.07, 6.45) is 40.7. The van der Waals surface area contributed by atoms with E-state index in [1.165, 1.54) is 140 Å². The molecule has 2 aliphatic heterocycles. The van der Waals surface area contributed by atoms with Gasteiger partial charge in [-0.05, 0) is 123 Å². The van der Waals surface area contributed by atoms with E-state index in [0.717, 1.165) is 100 Å². The zero-order valence-corrected chi connectivity index (χ0v) is 45.9. The van der Waals surface area contributed by atoms with Gasteiger partial charge in [0.25, 0.3) is 0 Å². The van der Waals surface area contributed by atoms with Gasteiger partial charge < -0.3 is 33.3 Å². The molecular weight excluding hydrogens is 875 g/mol. The molecule has 9 atom stereocenters. The molecule has 1 unspecified atom stereocenters. The van der Waals surface area contributed by atoms with Crippen LogP contribution < -0.4 is 0 Å². The number of piperidine rings is 1. The number of ether oxygens (including phenoxy) is 6. The van der Waals surface area contributed by atoms with E-state index in [2.05, 4.69) is 64.7 Å². The van der Waals surface area contributed by atoms with Crippen LogP contribution in [0, 0.1) is 46.3 Å². The lowest BCUT2D eigenvalue weighted by atomic mass is 9.47. The van der Waals surface area contributed by atoms with Gasteiger partial charge in [-0.3, -0.25) is 9.59 Å². The van der Waals surface area contributed by atoms with E-state index in [-0.39, 0.29) is 49.0 Å². The zero-order chi connectivity index (χ0) is 49.7. The Morgan fingerprint density at radius 1 is 0.743 bits per heavy atom. The normalized spacial score (nSPS) is 29.5. The number of hydrogen-bond acceptors (Lipinski definition) is 9. The van der Waals surface area contributed by atoms with Crippen LogP contribution in [0.3, 0.4) is 0 Å². The number of hydrogen-bond donors (Lipinski definition) is 0. The Bertz CT molecular complexity index is 1560. The SMILES string of the molecule is CCCCCCCC/C=C\CCCCCCCCOCC(CN1CCC2(CC1)OCCO2)OCCOC(=O)CCC(=O)O[C@H]1CC[C@@]2(C)C(=CC[C@H]3[C@@H]4CC[C@H]([C@H](C)CCCC(C)C)[C@@]4(C)CC[C@@H]32)C1. The summed E-state index contributed by atoms with van der Waals surface area (Å²) >= 11 is 0. The molecule has 0 aromatic carbocycles. The predicted octanol–water partition coefficient (Wildman–Crippen LogP) is 14.5. The number of rotatable bonds is 33. The van der Waals surface area contributed by atoms with E-state index in [1.807, 2.05) is 0 Å². The largest absolute Gasteiger partial charge is 0.463 e. The van der Waals surface area contributed by atoms with Crippen LogP contribution in [0.5, 0.6) is 0 Å².